The standard InChI is InChI=1S/C22H19ClN2O2S/c1-14-5-6-16(15(2)10-14)11-21(26)25(13-18-4-3-9-27-18)22-24-19-8-7-17(23)12-20(19)28-22/h3-10,12H,11,13H2,1-2H3. The second kappa shape index (κ2) is 7.78. The van der Waals surface area contributed by atoms with Crippen LogP contribution in [0.5, 0.6) is 0 Å². The molecule has 0 spiro atoms. The molecule has 0 saturated carbocycles. The molecule has 1 amide bonds. The third-order valence-electron chi connectivity index (χ3n) is 4.60. The number of aromatic nitrogens is 1. The second-order valence-corrected chi connectivity index (χ2v) is 8.22. The minimum atomic E-state index is -0.0199. The van der Waals surface area contributed by atoms with Crippen molar-refractivity contribution in [3.63, 3.8) is 0 Å². The number of nitrogens with zero attached hydrogens (tertiary/aromatic N) is 2. The lowest BCUT2D eigenvalue weighted by Crippen LogP contribution is -2.31. The molecule has 0 unspecified atom stereocenters. The fourth-order valence-electron chi connectivity index (χ4n) is 3.13. The van der Waals surface area contributed by atoms with Crippen LogP contribution in [0.1, 0.15) is 22.5 Å². The molecule has 6 heteroatoms. The summed E-state index contributed by atoms with van der Waals surface area (Å²) in [5, 5.41) is 1.30. The number of thiazole rings is 1. The van der Waals surface area contributed by atoms with E-state index >= 15 is 0 Å². The summed E-state index contributed by atoms with van der Waals surface area (Å²) >= 11 is 7.56. The Morgan fingerprint density at radius 2 is 2.04 bits per heavy atom. The van der Waals surface area contributed by atoms with Crippen molar-refractivity contribution in [3.05, 3.63) is 82.3 Å². The zero-order valence-electron chi connectivity index (χ0n) is 15.6. The molecule has 0 N–H and O–H groups in total. The summed E-state index contributed by atoms with van der Waals surface area (Å²) in [6.07, 6.45) is 1.92. The number of anilines is 1. The number of carbonyl (C=O) groups excluding carboxylic acids is 1. The van der Waals surface area contributed by atoms with Gasteiger partial charge in [0.15, 0.2) is 5.13 Å². The Morgan fingerprint density at radius 3 is 2.79 bits per heavy atom. The highest BCUT2D eigenvalue weighted by Crippen LogP contribution is 2.32. The number of carbonyl (C=O) groups is 1. The summed E-state index contributed by atoms with van der Waals surface area (Å²) in [4.78, 5) is 19.6. The van der Waals surface area contributed by atoms with Crippen molar-refractivity contribution in [1.29, 1.82) is 0 Å². The van der Waals surface area contributed by atoms with Crippen molar-refractivity contribution in [3.8, 4) is 0 Å². The monoisotopic (exact) mass is 410 g/mol. The van der Waals surface area contributed by atoms with Crippen molar-refractivity contribution in [1.82, 2.24) is 4.98 Å². The molecule has 28 heavy (non-hydrogen) atoms. The molecule has 0 aliphatic heterocycles. The van der Waals surface area contributed by atoms with Gasteiger partial charge in [-0.1, -0.05) is 46.7 Å². The van der Waals surface area contributed by atoms with E-state index in [0.717, 1.165) is 21.3 Å². The summed E-state index contributed by atoms with van der Waals surface area (Å²) in [5.74, 6) is 0.694. The molecule has 0 atom stereocenters. The molecule has 4 aromatic rings. The van der Waals surface area contributed by atoms with Crippen LogP contribution in [0.4, 0.5) is 5.13 Å². The molecule has 0 aliphatic carbocycles. The van der Waals surface area contributed by atoms with Gasteiger partial charge in [-0.3, -0.25) is 9.69 Å². The highest BCUT2D eigenvalue weighted by atomic mass is 35.5. The number of hydrogen-bond acceptors (Lipinski definition) is 4. The van der Waals surface area contributed by atoms with Gasteiger partial charge in [0, 0.05) is 5.02 Å². The molecule has 4 rings (SSSR count). The van der Waals surface area contributed by atoms with E-state index in [4.69, 9.17) is 16.0 Å². The van der Waals surface area contributed by atoms with Gasteiger partial charge >= 0.3 is 0 Å². The first-order valence-electron chi connectivity index (χ1n) is 8.94. The van der Waals surface area contributed by atoms with Crippen molar-refractivity contribution in [2.75, 3.05) is 4.90 Å². The smallest absolute Gasteiger partial charge is 0.233 e. The van der Waals surface area contributed by atoms with Crippen LogP contribution in [-0.2, 0) is 17.8 Å². The summed E-state index contributed by atoms with van der Waals surface area (Å²) < 4.78 is 6.43. The van der Waals surface area contributed by atoms with Crippen LogP contribution in [0, 0.1) is 13.8 Å². The minimum Gasteiger partial charge on any atom is -0.467 e. The average Bonchev–Trinajstić information content (AvgIpc) is 3.30. The lowest BCUT2D eigenvalue weighted by atomic mass is 10.0. The third kappa shape index (κ3) is 3.96. The number of halogens is 1. The largest absolute Gasteiger partial charge is 0.467 e. The maximum atomic E-state index is 13.2. The van der Waals surface area contributed by atoms with Crippen LogP contribution in [-0.4, -0.2) is 10.9 Å². The normalized spacial score (nSPS) is 11.1. The fraction of sp³-hybridized carbons (Fsp3) is 0.182. The average molecular weight is 411 g/mol. The van der Waals surface area contributed by atoms with E-state index in [1.54, 1.807) is 11.2 Å². The van der Waals surface area contributed by atoms with Crippen LogP contribution in [0.15, 0.2) is 59.2 Å². The molecule has 2 aromatic heterocycles. The molecule has 0 aliphatic rings. The van der Waals surface area contributed by atoms with Crippen LogP contribution < -0.4 is 4.90 Å². The first-order chi connectivity index (χ1) is 13.5. The number of fused-ring (bicyclic) bond motifs is 1. The van der Waals surface area contributed by atoms with E-state index in [1.807, 2.05) is 56.3 Å². The highest BCUT2D eigenvalue weighted by Gasteiger charge is 2.22. The Hall–Kier alpha value is -2.63. The van der Waals surface area contributed by atoms with Crippen molar-refractivity contribution < 1.29 is 9.21 Å². The van der Waals surface area contributed by atoms with Crippen molar-refractivity contribution in [2.24, 2.45) is 0 Å². The van der Waals surface area contributed by atoms with Gasteiger partial charge in [0.1, 0.15) is 5.76 Å². The molecular formula is C22H19ClN2O2S. The molecule has 0 bridgehead atoms. The van der Waals surface area contributed by atoms with E-state index < -0.39 is 0 Å². The van der Waals surface area contributed by atoms with Crippen LogP contribution in [0.3, 0.4) is 0 Å². The number of furan rings is 1. The quantitative estimate of drug-likeness (QED) is 0.409. The van der Waals surface area contributed by atoms with Crippen LogP contribution in [0.25, 0.3) is 10.2 Å². The van der Waals surface area contributed by atoms with Gasteiger partial charge in [-0.2, -0.15) is 0 Å². The van der Waals surface area contributed by atoms with Gasteiger partial charge in [-0.05, 0) is 55.3 Å². The number of aryl methyl sites for hydroxylation is 2. The first-order valence-corrected chi connectivity index (χ1v) is 10.1. The molecule has 0 saturated heterocycles. The number of hydrogen-bond donors (Lipinski definition) is 0. The molecule has 0 radical (unpaired) electrons. The molecule has 0 fully saturated rings. The summed E-state index contributed by atoms with van der Waals surface area (Å²) in [7, 11) is 0. The Labute approximate surface area is 172 Å². The van der Waals surface area contributed by atoms with Crippen molar-refractivity contribution >= 4 is 44.2 Å². The van der Waals surface area contributed by atoms with E-state index in [0.29, 0.717) is 28.9 Å². The first kappa shape index (κ1) is 18.7. The number of rotatable bonds is 5. The second-order valence-electron chi connectivity index (χ2n) is 6.77. The number of amides is 1. The SMILES string of the molecule is Cc1ccc(CC(=O)N(Cc2ccco2)c2nc3ccc(Cl)cc3s2)c(C)c1. The Balaban J connectivity index is 1.68. The van der Waals surface area contributed by atoms with E-state index in [-0.39, 0.29) is 5.91 Å². The summed E-state index contributed by atoms with van der Waals surface area (Å²) in [6, 6.07) is 15.4. The van der Waals surface area contributed by atoms with Crippen molar-refractivity contribution in [2.45, 2.75) is 26.8 Å². The third-order valence-corrected chi connectivity index (χ3v) is 5.88. The summed E-state index contributed by atoms with van der Waals surface area (Å²) in [6.45, 7) is 4.42. The predicted molar refractivity (Wildman–Crippen MR) is 114 cm³/mol. The fourth-order valence-corrected chi connectivity index (χ4v) is 4.38. The predicted octanol–water partition coefficient (Wildman–Crippen LogP) is 5.94. The van der Waals surface area contributed by atoms with Gasteiger partial charge in [0.25, 0.3) is 0 Å². The lowest BCUT2D eigenvalue weighted by Gasteiger charge is -2.19. The maximum Gasteiger partial charge on any atom is 0.233 e. The molecule has 142 valence electrons. The maximum absolute atomic E-state index is 13.2. The molecular weight excluding hydrogens is 392 g/mol. The van der Waals surface area contributed by atoms with E-state index in [9.17, 15) is 4.79 Å². The number of benzene rings is 2. The zero-order chi connectivity index (χ0) is 19.7. The molecule has 4 nitrogen and oxygen atoms in total. The van der Waals surface area contributed by atoms with Gasteiger partial charge in [0.2, 0.25) is 5.91 Å². The Bertz CT molecular complexity index is 1130. The Kier molecular flexibility index (Phi) is 5.20. The molecule has 2 aromatic carbocycles. The Morgan fingerprint density at radius 1 is 1.18 bits per heavy atom. The zero-order valence-corrected chi connectivity index (χ0v) is 17.2. The van der Waals surface area contributed by atoms with Gasteiger partial charge in [-0.25, -0.2) is 4.98 Å². The van der Waals surface area contributed by atoms with E-state index in [2.05, 4.69) is 11.1 Å². The topological polar surface area (TPSA) is 46.3 Å². The van der Waals surface area contributed by atoms with E-state index in [1.165, 1.54) is 16.9 Å². The van der Waals surface area contributed by atoms with Gasteiger partial charge < -0.3 is 4.42 Å². The van der Waals surface area contributed by atoms with Crippen LogP contribution in [0.2, 0.25) is 5.02 Å². The molecule has 2 heterocycles. The highest BCUT2D eigenvalue weighted by molar-refractivity contribution is 7.22. The van der Waals surface area contributed by atoms with Gasteiger partial charge in [0.05, 0.1) is 29.4 Å². The minimum absolute atomic E-state index is 0.0199. The lowest BCUT2D eigenvalue weighted by molar-refractivity contribution is -0.118. The van der Waals surface area contributed by atoms with Gasteiger partial charge in [-0.15, -0.1) is 0 Å². The van der Waals surface area contributed by atoms with Crippen LogP contribution >= 0.6 is 22.9 Å². The summed E-state index contributed by atoms with van der Waals surface area (Å²) in [5.41, 5.74) is 4.14.